The number of hydrogen-bond donors (Lipinski definition) is 1. The second-order valence-corrected chi connectivity index (χ2v) is 6.52. The Balaban J connectivity index is 1.99. The Bertz CT molecular complexity index is 553. The summed E-state index contributed by atoms with van der Waals surface area (Å²) >= 11 is 7.63. The minimum absolute atomic E-state index is 0.264. The van der Waals surface area contributed by atoms with Crippen molar-refractivity contribution in [3.8, 4) is 0 Å². The lowest BCUT2D eigenvalue weighted by Crippen LogP contribution is -2.39. The molecule has 2 rings (SSSR count). The van der Waals surface area contributed by atoms with Crippen LogP contribution in [0.1, 0.15) is 24.9 Å². The zero-order valence-electron chi connectivity index (χ0n) is 11.7. The SMILES string of the molecule is CC(OCC(F)(F)F)C(=O)NC1CCSc2ccc(Cl)cc21. The molecule has 0 saturated carbocycles. The van der Waals surface area contributed by atoms with E-state index >= 15 is 0 Å². The van der Waals surface area contributed by atoms with E-state index < -0.39 is 24.8 Å². The number of fused-ring (bicyclic) bond motifs is 1. The first-order chi connectivity index (χ1) is 10.3. The van der Waals surface area contributed by atoms with Gasteiger partial charge in [0.25, 0.3) is 0 Å². The maximum atomic E-state index is 12.1. The van der Waals surface area contributed by atoms with E-state index in [2.05, 4.69) is 10.1 Å². The lowest BCUT2D eigenvalue weighted by Gasteiger charge is -2.27. The lowest BCUT2D eigenvalue weighted by molar-refractivity contribution is -0.185. The molecule has 1 heterocycles. The topological polar surface area (TPSA) is 38.3 Å². The van der Waals surface area contributed by atoms with E-state index in [1.807, 2.05) is 6.07 Å². The first kappa shape index (κ1) is 17.4. The lowest BCUT2D eigenvalue weighted by atomic mass is 10.0. The van der Waals surface area contributed by atoms with Crippen LogP contribution < -0.4 is 5.32 Å². The third-order valence-electron chi connectivity index (χ3n) is 3.19. The Labute approximate surface area is 135 Å². The molecule has 0 aliphatic carbocycles. The maximum absolute atomic E-state index is 12.1. The number of carbonyl (C=O) groups excluding carboxylic acids is 1. The Morgan fingerprint density at radius 1 is 1.55 bits per heavy atom. The Kier molecular flexibility index (Phi) is 5.63. The third-order valence-corrected chi connectivity index (χ3v) is 4.55. The van der Waals surface area contributed by atoms with Crippen molar-refractivity contribution in [2.24, 2.45) is 0 Å². The van der Waals surface area contributed by atoms with Crippen LogP contribution in [0.3, 0.4) is 0 Å². The van der Waals surface area contributed by atoms with Crippen molar-refractivity contribution in [3.63, 3.8) is 0 Å². The molecule has 1 aromatic rings. The number of alkyl halides is 3. The van der Waals surface area contributed by atoms with Crippen LogP contribution in [0, 0.1) is 0 Å². The number of carbonyl (C=O) groups is 1. The fourth-order valence-electron chi connectivity index (χ4n) is 2.10. The van der Waals surface area contributed by atoms with Gasteiger partial charge in [0.2, 0.25) is 5.91 Å². The summed E-state index contributed by atoms with van der Waals surface area (Å²) < 4.78 is 40.9. The molecule has 1 aromatic carbocycles. The van der Waals surface area contributed by atoms with Crippen molar-refractivity contribution in [3.05, 3.63) is 28.8 Å². The van der Waals surface area contributed by atoms with Crippen LogP contribution in [-0.4, -0.2) is 30.5 Å². The molecule has 1 aliphatic heterocycles. The molecule has 0 aromatic heterocycles. The van der Waals surface area contributed by atoms with Gasteiger partial charge in [0.05, 0.1) is 6.04 Å². The number of halogens is 4. The van der Waals surface area contributed by atoms with Gasteiger partial charge < -0.3 is 10.1 Å². The van der Waals surface area contributed by atoms with Gasteiger partial charge in [-0.2, -0.15) is 13.2 Å². The van der Waals surface area contributed by atoms with Crippen LogP contribution in [0.5, 0.6) is 0 Å². The number of ether oxygens (including phenoxy) is 1. The smallest absolute Gasteiger partial charge is 0.359 e. The van der Waals surface area contributed by atoms with E-state index in [0.717, 1.165) is 16.2 Å². The molecule has 0 bridgehead atoms. The van der Waals surface area contributed by atoms with Crippen LogP contribution in [0.4, 0.5) is 13.2 Å². The van der Waals surface area contributed by atoms with Gasteiger partial charge in [-0.1, -0.05) is 11.6 Å². The molecule has 2 atom stereocenters. The average molecular weight is 354 g/mol. The van der Waals surface area contributed by atoms with Crippen molar-refractivity contribution in [1.82, 2.24) is 5.32 Å². The molecule has 0 saturated heterocycles. The van der Waals surface area contributed by atoms with Crippen LogP contribution in [-0.2, 0) is 9.53 Å². The van der Waals surface area contributed by atoms with Gasteiger partial charge in [0, 0.05) is 15.7 Å². The molecule has 1 amide bonds. The molecule has 0 fully saturated rings. The first-order valence-electron chi connectivity index (χ1n) is 6.67. The molecule has 3 nitrogen and oxygen atoms in total. The van der Waals surface area contributed by atoms with Gasteiger partial charge in [0.1, 0.15) is 12.7 Å². The summed E-state index contributed by atoms with van der Waals surface area (Å²) in [6.07, 6.45) is -4.93. The highest BCUT2D eigenvalue weighted by molar-refractivity contribution is 7.99. The summed E-state index contributed by atoms with van der Waals surface area (Å²) in [7, 11) is 0. The molecule has 2 unspecified atom stereocenters. The number of nitrogens with one attached hydrogen (secondary N) is 1. The predicted molar refractivity (Wildman–Crippen MR) is 79.1 cm³/mol. The zero-order chi connectivity index (χ0) is 16.3. The van der Waals surface area contributed by atoms with Gasteiger partial charge in [0.15, 0.2) is 0 Å². The molecule has 1 aliphatic rings. The van der Waals surface area contributed by atoms with Gasteiger partial charge >= 0.3 is 6.18 Å². The number of rotatable bonds is 4. The quantitative estimate of drug-likeness (QED) is 0.890. The van der Waals surface area contributed by atoms with E-state index in [1.165, 1.54) is 6.92 Å². The molecule has 8 heteroatoms. The van der Waals surface area contributed by atoms with E-state index in [4.69, 9.17) is 11.6 Å². The molecule has 22 heavy (non-hydrogen) atoms. The number of thioether (sulfide) groups is 1. The van der Waals surface area contributed by atoms with E-state index in [1.54, 1.807) is 23.9 Å². The first-order valence-corrected chi connectivity index (χ1v) is 8.03. The fraction of sp³-hybridized carbons (Fsp3) is 0.500. The van der Waals surface area contributed by atoms with Crippen molar-refractivity contribution < 1.29 is 22.7 Å². The van der Waals surface area contributed by atoms with Gasteiger partial charge in [-0.15, -0.1) is 11.8 Å². The average Bonchev–Trinajstić information content (AvgIpc) is 2.44. The number of amides is 1. The number of hydrogen-bond acceptors (Lipinski definition) is 3. The highest BCUT2D eigenvalue weighted by atomic mass is 35.5. The summed E-state index contributed by atoms with van der Waals surface area (Å²) in [6.45, 7) is -0.137. The Hall–Kier alpha value is -0.920. The standard InChI is InChI=1S/C14H15ClF3NO2S/c1-8(21-7-14(16,17)18)13(20)19-11-4-5-22-12-3-2-9(15)6-10(11)12/h2-3,6,8,11H,4-5,7H2,1H3,(H,19,20). The molecule has 122 valence electrons. The molecule has 0 spiro atoms. The third kappa shape index (κ3) is 4.79. The minimum Gasteiger partial charge on any atom is -0.359 e. The van der Waals surface area contributed by atoms with Crippen LogP contribution in [0.2, 0.25) is 5.02 Å². The second-order valence-electron chi connectivity index (χ2n) is 4.95. The van der Waals surface area contributed by atoms with E-state index in [0.29, 0.717) is 11.4 Å². The van der Waals surface area contributed by atoms with Gasteiger partial charge in [-0.05, 0) is 37.1 Å². The fourth-order valence-corrected chi connectivity index (χ4v) is 3.39. The van der Waals surface area contributed by atoms with E-state index in [9.17, 15) is 18.0 Å². The largest absolute Gasteiger partial charge is 0.411 e. The molecule has 0 radical (unpaired) electrons. The minimum atomic E-state index is -4.45. The summed E-state index contributed by atoms with van der Waals surface area (Å²) in [4.78, 5) is 13.0. The monoisotopic (exact) mass is 353 g/mol. The Morgan fingerprint density at radius 3 is 2.95 bits per heavy atom. The van der Waals surface area contributed by atoms with Crippen molar-refractivity contribution in [1.29, 1.82) is 0 Å². The van der Waals surface area contributed by atoms with Gasteiger partial charge in [-0.3, -0.25) is 4.79 Å². The predicted octanol–water partition coefficient (Wildman–Crippen LogP) is 3.96. The number of benzene rings is 1. The van der Waals surface area contributed by atoms with Gasteiger partial charge in [-0.25, -0.2) is 0 Å². The highest BCUT2D eigenvalue weighted by Crippen LogP contribution is 2.37. The molecule has 1 N–H and O–H groups in total. The van der Waals surface area contributed by atoms with Crippen molar-refractivity contribution in [2.45, 2.75) is 36.6 Å². The van der Waals surface area contributed by atoms with Crippen LogP contribution >= 0.6 is 23.4 Å². The summed E-state index contributed by atoms with van der Waals surface area (Å²) in [5, 5.41) is 3.29. The summed E-state index contributed by atoms with van der Waals surface area (Å²) in [5.41, 5.74) is 0.889. The van der Waals surface area contributed by atoms with Crippen molar-refractivity contribution in [2.75, 3.05) is 12.4 Å². The zero-order valence-corrected chi connectivity index (χ0v) is 13.3. The highest BCUT2D eigenvalue weighted by Gasteiger charge is 2.31. The summed E-state index contributed by atoms with van der Waals surface area (Å²) in [6, 6.07) is 5.16. The Morgan fingerprint density at radius 2 is 2.27 bits per heavy atom. The molecular weight excluding hydrogens is 339 g/mol. The second kappa shape index (κ2) is 7.10. The molecular formula is C14H15ClF3NO2S. The van der Waals surface area contributed by atoms with Crippen molar-refractivity contribution >= 4 is 29.3 Å². The van der Waals surface area contributed by atoms with Crippen LogP contribution in [0.15, 0.2) is 23.1 Å². The maximum Gasteiger partial charge on any atom is 0.411 e. The normalized spacial score (nSPS) is 19.4. The summed E-state index contributed by atoms with van der Waals surface area (Å²) in [5.74, 6) is 0.254. The van der Waals surface area contributed by atoms with E-state index in [-0.39, 0.29) is 6.04 Å². The van der Waals surface area contributed by atoms with Crippen LogP contribution in [0.25, 0.3) is 0 Å².